The van der Waals surface area contributed by atoms with Crippen LogP contribution in [0.4, 0.5) is 4.39 Å². The normalized spacial score (nSPS) is 15.4. The lowest BCUT2D eigenvalue weighted by atomic mass is 10.1. The number of likely N-dealkylation sites (tertiary alicyclic amines) is 1. The van der Waals surface area contributed by atoms with Crippen LogP contribution in [-0.4, -0.2) is 30.4 Å². The van der Waals surface area contributed by atoms with E-state index in [2.05, 4.69) is 5.32 Å². The lowest BCUT2D eigenvalue weighted by molar-refractivity contribution is -0.131. The molecule has 1 saturated heterocycles. The molecule has 0 unspecified atom stereocenters. The number of nitrogens with one attached hydrogen (secondary N) is 1. The van der Waals surface area contributed by atoms with Crippen molar-refractivity contribution in [3.8, 4) is 0 Å². The second-order valence-corrected chi connectivity index (χ2v) is 5.54. The number of halogens is 2. The molecule has 5 heteroatoms. The maximum absolute atomic E-state index is 13.5. The van der Waals surface area contributed by atoms with Gasteiger partial charge in [0.1, 0.15) is 5.82 Å². The number of hydrogen-bond donors (Lipinski definition) is 1. The number of benzene rings is 1. The van der Waals surface area contributed by atoms with Gasteiger partial charge in [-0.25, -0.2) is 4.39 Å². The van der Waals surface area contributed by atoms with Gasteiger partial charge in [-0.2, -0.15) is 0 Å². The topological polar surface area (TPSA) is 32.3 Å². The number of nitrogens with zero attached hydrogens (tertiary/aromatic N) is 1. The fourth-order valence-electron chi connectivity index (χ4n) is 2.38. The van der Waals surface area contributed by atoms with Crippen LogP contribution in [0.2, 0.25) is 5.02 Å². The highest BCUT2D eigenvalue weighted by molar-refractivity contribution is 6.30. The zero-order chi connectivity index (χ0) is 14.4. The lowest BCUT2D eigenvalue weighted by Crippen LogP contribution is -2.37. The molecule has 1 amide bonds. The summed E-state index contributed by atoms with van der Waals surface area (Å²) in [5, 5.41) is 3.50. The van der Waals surface area contributed by atoms with E-state index in [1.807, 2.05) is 4.90 Å². The first-order valence-electron chi connectivity index (χ1n) is 7.09. The van der Waals surface area contributed by atoms with Crippen molar-refractivity contribution in [3.05, 3.63) is 34.6 Å². The number of carbonyl (C=O) groups is 1. The first-order valence-corrected chi connectivity index (χ1v) is 7.47. The smallest absolute Gasteiger partial charge is 0.223 e. The van der Waals surface area contributed by atoms with E-state index in [0.29, 0.717) is 30.1 Å². The third-order valence-electron chi connectivity index (χ3n) is 3.55. The number of hydrogen-bond acceptors (Lipinski definition) is 2. The van der Waals surface area contributed by atoms with Crippen LogP contribution in [0, 0.1) is 5.82 Å². The molecule has 1 fully saturated rings. The van der Waals surface area contributed by atoms with Gasteiger partial charge in [-0.05, 0) is 31.4 Å². The predicted molar refractivity (Wildman–Crippen MR) is 78.2 cm³/mol. The van der Waals surface area contributed by atoms with E-state index in [9.17, 15) is 9.18 Å². The maximum atomic E-state index is 13.5. The summed E-state index contributed by atoms with van der Waals surface area (Å²) in [5.41, 5.74) is 0.569. The van der Waals surface area contributed by atoms with Crippen LogP contribution in [0.5, 0.6) is 0 Å². The summed E-state index contributed by atoms with van der Waals surface area (Å²) in [5.74, 6) is -0.124. The minimum atomic E-state index is -0.313. The van der Waals surface area contributed by atoms with E-state index in [1.54, 1.807) is 12.1 Å². The maximum Gasteiger partial charge on any atom is 0.223 e. The Morgan fingerprint density at radius 2 is 2.05 bits per heavy atom. The summed E-state index contributed by atoms with van der Waals surface area (Å²) in [7, 11) is 0. The van der Waals surface area contributed by atoms with Gasteiger partial charge in [-0.3, -0.25) is 4.79 Å². The van der Waals surface area contributed by atoms with Gasteiger partial charge in [-0.1, -0.05) is 17.7 Å². The molecule has 1 heterocycles. The van der Waals surface area contributed by atoms with Gasteiger partial charge in [0.15, 0.2) is 0 Å². The monoisotopic (exact) mass is 298 g/mol. The summed E-state index contributed by atoms with van der Waals surface area (Å²) in [6, 6.07) is 4.63. The molecule has 1 aliphatic rings. The molecule has 0 aromatic heterocycles. The molecule has 0 atom stereocenters. The first kappa shape index (κ1) is 15.3. The van der Waals surface area contributed by atoms with E-state index in [1.165, 1.54) is 12.5 Å². The second kappa shape index (κ2) is 7.60. The van der Waals surface area contributed by atoms with Gasteiger partial charge in [0.2, 0.25) is 5.91 Å². The number of rotatable bonds is 5. The summed E-state index contributed by atoms with van der Waals surface area (Å²) in [6.07, 6.45) is 3.90. The Balaban J connectivity index is 1.69. The fraction of sp³-hybridized carbons (Fsp3) is 0.533. The highest BCUT2D eigenvalue weighted by Gasteiger charge is 2.15. The van der Waals surface area contributed by atoms with Crippen LogP contribution < -0.4 is 5.32 Å². The van der Waals surface area contributed by atoms with Crippen molar-refractivity contribution >= 4 is 17.5 Å². The van der Waals surface area contributed by atoms with E-state index >= 15 is 0 Å². The highest BCUT2D eigenvalue weighted by Crippen LogP contribution is 2.14. The van der Waals surface area contributed by atoms with Crippen LogP contribution in [0.25, 0.3) is 0 Å². The van der Waals surface area contributed by atoms with Crippen LogP contribution in [0.15, 0.2) is 18.2 Å². The molecule has 0 saturated carbocycles. The van der Waals surface area contributed by atoms with Crippen LogP contribution in [0.1, 0.15) is 31.2 Å². The molecule has 110 valence electrons. The van der Waals surface area contributed by atoms with Gasteiger partial charge in [-0.15, -0.1) is 0 Å². The third-order valence-corrected chi connectivity index (χ3v) is 3.79. The number of carbonyl (C=O) groups excluding carboxylic acids is 1. The third kappa shape index (κ3) is 4.46. The van der Waals surface area contributed by atoms with Gasteiger partial charge in [0.25, 0.3) is 0 Å². The Bertz CT molecular complexity index is 461. The zero-order valence-corrected chi connectivity index (χ0v) is 12.3. The van der Waals surface area contributed by atoms with Crippen molar-refractivity contribution in [3.63, 3.8) is 0 Å². The number of piperidine rings is 1. The summed E-state index contributed by atoms with van der Waals surface area (Å²) >= 11 is 5.70. The van der Waals surface area contributed by atoms with Crippen LogP contribution >= 0.6 is 11.6 Å². The molecule has 3 nitrogen and oxygen atoms in total. The minimum absolute atomic E-state index is 0.189. The molecular weight excluding hydrogens is 279 g/mol. The molecular formula is C15H20ClFN2O. The van der Waals surface area contributed by atoms with E-state index in [0.717, 1.165) is 25.9 Å². The van der Waals surface area contributed by atoms with Crippen molar-refractivity contribution in [2.75, 3.05) is 19.6 Å². The zero-order valence-electron chi connectivity index (χ0n) is 11.5. The molecule has 1 aromatic rings. The molecule has 0 radical (unpaired) electrons. The molecule has 20 heavy (non-hydrogen) atoms. The molecule has 1 aromatic carbocycles. The van der Waals surface area contributed by atoms with E-state index < -0.39 is 0 Å². The predicted octanol–water partition coefficient (Wildman–Crippen LogP) is 2.97. The quantitative estimate of drug-likeness (QED) is 0.848. The second-order valence-electron chi connectivity index (χ2n) is 5.10. The van der Waals surface area contributed by atoms with Gasteiger partial charge in [0.05, 0.1) is 0 Å². The van der Waals surface area contributed by atoms with E-state index in [4.69, 9.17) is 11.6 Å². The van der Waals surface area contributed by atoms with Crippen LogP contribution in [0.3, 0.4) is 0 Å². The molecule has 2 rings (SSSR count). The van der Waals surface area contributed by atoms with Crippen molar-refractivity contribution in [1.82, 2.24) is 10.2 Å². The summed E-state index contributed by atoms with van der Waals surface area (Å²) in [4.78, 5) is 13.8. The number of amides is 1. The van der Waals surface area contributed by atoms with Crippen molar-refractivity contribution in [1.29, 1.82) is 0 Å². The van der Waals surface area contributed by atoms with Gasteiger partial charge >= 0.3 is 0 Å². The first-order chi connectivity index (χ1) is 9.66. The Kier molecular flexibility index (Phi) is 5.80. The van der Waals surface area contributed by atoms with E-state index in [-0.39, 0.29) is 11.7 Å². The Hall–Kier alpha value is -1.13. The molecule has 1 aliphatic heterocycles. The Morgan fingerprint density at radius 3 is 2.75 bits per heavy atom. The van der Waals surface area contributed by atoms with Crippen molar-refractivity contribution in [2.24, 2.45) is 0 Å². The summed E-state index contributed by atoms with van der Waals surface area (Å²) in [6.45, 7) is 2.74. The Morgan fingerprint density at radius 1 is 1.30 bits per heavy atom. The van der Waals surface area contributed by atoms with Gasteiger partial charge < -0.3 is 10.2 Å². The molecule has 0 spiro atoms. The highest BCUT2D eigenvalue weighted by atomic mass is 35.5. The van der Waals surface area contributed by atoms with Crippen molar-refractivity contribution < 1.29 is 9.18 Å². The summed E-state index contributed by atoms with van der Waals surface area (Å²) < 4.78 is 13.5. The molecule has 0 aliphatic carbocycles. The SMILES string of the molecule is O=C(CCNCc1ccc(Cl)cc1F)N1CCCCC1. The molecule has 0 bridgehead atoms. The lowest BCUT2D eigenvalue weighted by Gasteiger charge is -2.26. The minimum Gasteiger partial charge on any atom is -0.343 e. The Labute approximate surface area is 124 Å². The average Bonchev–Trinajstić information content (AvgIpc) is 2.46. The molecule has 1 N–H and O–H groups in total. The standard InChI is InChI=1S/C15H20ClFN2O/c16-13-5-4-12(14(17)10-13)11-18-7-6-15(20)19-8-2-1-3-9-19/h4-5,10,18H,1-3,6-9,11H2. The fourth-order valence-corrected chi connectivity index (χ4v) is 2.54. The van der Waals surface area contributed by atoms with Crippen LogP contribution in [-0.2, 0) is 11.3 Å². The largest absolute Gasteiger partial charge is 0.343 e. The van der Waals surface area contributed by atoms with Gasteiger partial charge in [0, 0.05) is 43.2 Å². The average molecular weight is 299 g/mol. The van der Waals surface area contributed by atoms with Crippen molar-refractivity contribution in [2.45, 2.75) is 32.2 Å².